The zero-order chi connectivity index (χ0) is 10.2. The van der Waals surface area contributed by atoms with Crippen LogP contribution >= 0.6 is 34.2 Å². The van der Waals surface area contributed by atoms with Crippen LogP contribution in [-0.2, 0) is 6.18 Å². The molecule has 0 fully saturated rings. The normalized spacial score (nSPS) is 11.8. The maximum absolute atomic E-state index is 12.3. The van der Waals surface area contributed by atoms with Gasteiger partial charge < -0.3 is 0 Å². The van der Waals surface area contributed by atoms with Crippen molar-refractivity contribution in [1.29, 1.82) is 0 Å². The minimum absolute atomic E-state index is 0.138. The first-order chi connectivity index (χ1) is 5.82. The highest BCUT2D eigenvalue weighted by Gasteiger charge is 2.32. The van der Waals surface area contributed by atoms with Crippen molar-refractivity contribution in [3.63, 3.8) is 0 Å². The smallest absolute Gasteiger partial charge is 0.166 e. The van der Waals surface area contributed by atoms with E-state index in [1.54, 1.807) is 0 Å². The van der Waals surface area contributed by atoms with Gasteiger partial charge in [-0.05, 0) is 47.2 Å². The molecule has 1 aromatic carbocycles. The van der Waals surface area contributed by atoms with Crippen LogP contribution in [-0.4, -0.2) is 0 Å². The van der Waals surface area contributed by atoms with Gasteiger partial charge in [0.2, 0.25) is 0 Å². The van der Waals surface area contributed by atoms with Gasteiger partial charge in [0.25, 0.3) is 0 Å². The van der Waals surface area contributed by atoms with E-state index < -0.39 is 11.7 Å². The first-order valence-electron chi connectivity index (χ1n) is 3.35. The third kappa shape index (κ3) is 2.49. The van der Waals surface area contributed by atoms with E-state index in [4.69, 9.17) is 11.6 Å². The summed E-state index contributed by atoms with van der Waals surface area (Å²) in [4.78, 5) is 0. The Morgan fingerprint density at radius 1 is 1.31 bits per heavy atom. The van der Waals surface area contributed by atoms with Crippen LogP contribution in [0.5, 0.6) is 0 Å². The Bertz CT molecular complexity index is 333. The summed E-state index contributed by atoms with van der Waals surface area (Å²) in [6, 6.07) is 2.38. The second kappa shape index (κ2) is 3.65. The summed E-state index contributed by atoms with van der Waals surface area (Å²) in [5.41, 5.74) is -0.473. The van der Waals surface area contributed by atoms with Crippen molar-refractivity contribution in [3.8, 4) is 0 Å². The van der Waals surface area contributed by atoms with E-state index in [1.807, 2.05) is 22.6 Å². The molecule has 0 N–H and O–H groups in total. The lowest BCUT2D eigenvalue weighted by Crippen LogP contribution is -2.07. The first-order valence-corrected chi connectivity index (χ1v) is 4.81. The number of hydrogen-bond acceptors (Lipinski definition) is 0. The van der Waals surface area contributed by atoms with E-state index in [0.29, 0.717) is 3.57 Å². The Kier molecular flexibility index (Phi) is 3.12. The Morgan fingerprint density at radius 3 is 2.31 bits per heavy atom. The first kappa shape index (κ1) is 11.1. The molecule has 0 aliphatic carbocycles. The van der Waals surface area contributed by atoms with E-state index >= 15 is 0 Å². The molecule has 72 valence electrons. The molecule has 0 radical (unpaired) electrons. The summed E-state index contributed by atoms with van der Waals surface area (Å²) >= 11 is 7.48. The molecule has 0 bridgehead atoms. The Morgan fingerprint density at radius 2 is 1.85 bits per heavy atom. The van der Waals surface area contributed by atoms with Gasteiger partial charge in [-0.1, -0.05) is 11.6 Å². The predicted molar refractivity (Wildman–Crippen MR) is 53.9 cm³/mol. The van der Waals surface area contributed by atoms with Gasteiger partial charge in [0.05, 0.1) is 10.6 Å². The van der Waals surface area contributed by atoms with E-state index in [9.17, 15) is 13.2 Å². The summed E-state index contributed by atoms with van der Waals surface area (Å²) in [6.07, 6.45) is -4.32. The number of rotatable bonds is 0. The molecular formula is C8H5ClF3I. The average Bonchev–Trinajstić information content (AvgIpc) is 1.94. The molecule has 0 atom stereocenters. The van der Waals surface area contributed by atoms with Gasteiger partial charge >= 0.3 is 6.18 Å². The molecule has 13 heavy (non-hydrogen) atoms. The minimum atomic E-state index is -4.32. The number of alkyl halides is 3. The summed E-state index contributed by atoms with van der Waals surface area (Å²) in [5.74, 6) is 0. The lowest BCUT2D eigenvalue weighted by atomic mass is 10.1. The molecule has 0 aliphatic heterocycles. The molecule has 5 heteroatoms. The third-order valence-electron chi connectivity index (χ3n) is 1.57. The van der Waals surface area contributed by atoms with Crippen LogP contribution in [0.3, 0.4) is 0 Å². The quantitative estimate of drug-likeness (QED) is 0.626. The van der Waals surface area contributed by atoms with Gasteiger partial charge in [0.1, 0.15) is 0 Å². The molecular weight excluding hydrogens is 315 g/mol. The average molecular weight is 320 g/mol. The van der Waals surface area contributed by atoms with Gasteiger partial charge in [-0.3, -0.25) is 0 Å². The largest absolute Gasteiger partial charge is 0.416 e. The van der Waals surface area contributed by atoms with Crippen LogP contribution in [0.15, 0.2) is 12.1 Å². The summed E-state index contributed by atoms with van der Waals surface area (Å²) in [6.45, 7) is 1.42. The van der Waals surface area contributed by atoms with Gasteiger partial charge in [-0.25, -0.2) is 0 Å². The number of benzene rings is 1. The summed E-state index contributed by atoms with van der Waals surface area (Å²) < 4.78 is 37.5. The van der Waals surface area contributed by atoms with Gasteiger partial charge in [0.15, 0.2) is 0 Å². The van der Waals surface area contributed by atoms with Crippen molar-refractivity contribution in [2.45, 2.75) is 13.1 Å². The van der Waals surface area contributed by atoms with Crippen LogP contribution < -0.4 is 0 Å². The minimum Gasteiger partial charge on any atom is -0.166 e. The summed E-state index contributed by atoms with van der Waals surface area (Å²) in [5, 5.41) is 0.138. The van der Waals surface area contributed by atoms with Gasteiger partial charge in [0, 0.05) is 3.57 Å². The molecule has 0 aliphatic rings. The van der Waals surface area contributed by atoms with Crippen LogP contribution in [0.4, 0.5) is 13.2 Å². The maximum atomic E-state index is 12.3. The van der Waals surface area contributed by atoms with E-state index in [1.165, 1.54) is 13.0 Å². The molecule has 1 aromatic rings. The maximum Gasteiger partial charge on any atom is 0.416 e. The van der Waals surface area contributed by atoms with Crippen molar-refractivity contribution in [3.05, 3.63) is 31.9 Å². The van der Waals surface area contributed by atoms with Crippen LogP contribution in [0.1, 0.15) is 11.1 Å². The highest BCUT2D eigenvalue weighted by Crippen LogP contribution is 2.35. The van der Waals surface area contributed by atoms with Gasteiger partial charge in [-0.2, -0.15) is 13.2 Å². The molecule has 0 spiro atoms. The Balaban J connectivity index is 3.32. The molecule has 0 amide bonds. The third-order valence-corrected chi connectivity index (χ3v) is 3.10. The fraction of sp³-hybridized carbons (Fsp3) is 0.250. The monoisotopic (exact) mass is 320 g/mol. The molecule has 0 saturated heterocycles. The van der Waals surface area contributed by atoms with E-state index in [-0.39, 0.29) is 10.6 Å². The zero-order valence-electron chi connectivity index (χ0n) is 6.54. The molecule has 0 aromatic heterocycles. The lowest BCUT2D eigenvalue weighted by molar-refractivity contribution is -0.138. The number of hydrogen-bond donors (Lipinski definition) is 0. The molecule has 0 unspecified atom stereocenters. The molecule has 0 saturated carbocycles. The van der Waals surface area contributed by atoms with E-state index in [2.05, 4.69) is 0 Å². The lowest BCUT2D eigenvalue weighted by Gasteiger charge is -2.10. The van der Waals surface area contributed by atoms with Crippen molar-refractivity contribution < 1.29 is 13.2 Å². The second-order valence-corrected chi connectivity index (χ2v) is 4.15. The number of halogens is 5. The Hall–Kier alpha value is 0.0300. The number of aryl methyl sites for hydroxylation is 1. The van der Waals surface area contributed by atoms with Crippen LogP contribution in [0.2, 0.25) is 5.02 Å². The fourth-order valence-electron chi connectivity index (χ4n) is 0.952. The molecule has 0 nitrogen and oxygen atoms in total. The molecule has 0 heterocycles. The standard InChI is InChI=1S/C8H5ClF3I/c1-4-2-7(13)6(9)3-5(4)8(10,11)12/h2-3H,1H3. The SMILES string of the molecule is Cc1cc(I)c(Cl)cc1C(F)(F)F. The van der Waals surface area contributed by atoms with Crippen molar-refractivity contribution in [1.82, 2.24) is 0 Å². The Labute approximate surface area is 92.2 Å². The van der Waals surface area contributed by atoms with Crippen molar-refractivity contribution in [2.75, 3.05) is 0 Å². The summed E-state index contributed by atoms with van der Waals surface area (Å²) in [7, 11) is 0. The van der Waals surface area contributed by atoms with Crippen molar-refractivity contribution >= 4 is 34.2 Å². The highest BCUT2D eigenvalue weighted by molar-refractivity contribution is 14.1. The van der Waals surface area contributed by atoms with Crippen molar-refractivity contribution in [2.24, 2.45) is 0 Å². The zero-order valence-corrected chi connectivity index (χ0v) is 9.46. The highest BCUT2D eigenvalue weighted by atomic mass is 127. The van der Waals surface area contributed by atoms with Gasteiger partial charge in [-0.15, -0.1) is 0 Å². The topological polar surface area (TPSA) is 0 Å². The fourth-order valence-corrected chi connectivity index (χ4v) is 1.74. The van der Waals surface area contributed by atoms with Crippen LogP contribution in [0.25, 0.3) is 0 Å². The van der Waals surface area contributed by atoms with Crippen LogP contribution in [0, 0.1) is 10.5 Å². The van der Waals surface area contributed by atoms with E-state index in [0.717, 1.165) is 6.07 Å². The molecule has 1 rings (SSSR count). The second-order valence-electron chi connectivity index (χ2n) is 2.58. The predicted octanol–water partition coefficient (Wildman–Crippen LogP) is 4.27.